The number of unbranched alkanes of at least 4 members (excludes halogenated alkanes) is 1. The van der Waals surface area contributed by atoms with E-state index in [-0.39, 0.29) is 0 Å². The van der Waals surface area contributed by atoms with Crippen LogP contribution in [-0.2, 0) is 6.42 Å². The molecule has 0 spiro atoms. The third-order valence-corrected chi connectivity index (χ3v) is 2.98. The lowest BCUT2D eigenvalue weighted by atomic mass is 10.2. The van der Waals surface area contributed by atoms with E-state index in [0.29, 0.717) is 16.7 Å². The second-order valence-electron chi connectivity index (χ2n) is 4.43. The van der Waals surface area contributed by atoms with E-state index in [9.17, 15) is 0 Å². The normalized spacial score (nSPS) is 10.1. The lowest BCUT2D eigenvalue weighted by Crippen LogP contribution is -2.01. The van der Waals surface area contributed by atoms with Gasteiger partial charge >= 0.3 is 0 Å². The second kappa shape index (κ2) is 6.88. The lowest BCUT2D eigenvalue weighted by molar-refractivity contribution is 0.774. The number of hydrogen-bond donors (Lipinski definition) is 1. The Morgan fingerprint density at radius 3 is 2.90 bits per heavy atom. The Bertz CT molecular complexity index is 634. The molecule has 1 aromatic heterocycles. The van der Waals surface area contributed by atoms with Crippen LogP contribution in [0.4, 0.5) is 11.6 Å². The average molecular weight is 287 g/mol. The van der Waals surface area contributed by atoms with Crippen LogP contribution >= 0.6 is 11.6 Å². The summed E-state index contributed by atoms with van der Waals surface area (Å²) in [6.45, 7) is 2.13. The van der Waals surface area contributed by atoms with E-state index in [2.05, 4.69) is 28.3 Å². The van der Waals surface area contributed by atoms with E-state index in [1.54, 1.807) is 18.2 Å². The molecular weight excluding hydrogens is 272 g/mol. The number of nitrogens with zero attached hydrogens (tertiary/aromatic N) is 3. The van der Waals surface area contributed by atoms with E-state index in [0.717, 1.165) is 30.6 Å². The summed E-state index contributed by atoms with van der Waals surface area (Å²) >= 11 is 6.01. The Balaban J connectivity index is 2.20. The molecule has 5 heteroatoms. The topological polar surface area (TPSA) is 61.6 Å². The molecule has 0 saturated heterocycles. The molecule has 20 heavy (non-hydrogen) atoms. The van der Waals surface area contributed by atoms with Crippen LogP contribution in [0.5, 0.6) is 0 Å². The molecule has 102 valence electrons. The first kappa shape index (κ1) is 14.3. The van der Waals surface area contributed by atoms with Crippen LogP contribution in [0.25, 0.3) is 0 Å². The smallest absolute Gasteiger partial charge is 0.228 e. The zero-order valence-electron chi connectivity index (χ0n) is 11.2. The number of nitrogens with one attached hydrogen (secondary N) is 1. The minimum absolute atomic E-state index is 0.421. The number of benzene rings is 1. The van der Waals surface area contributed by atoms with Gasteiger partial charge in [-0.15, -0.1) is 0 Å². The fourth-order valence-electron chi connectivity index (χ4n) is 1.80. The van der Waals surface area contributed by atoms with Crippen molar-refractivity contribution < 1.29 is 0 Å². The van der Waals surface area contributed by atoms with Crippen LogP contribution in [0.15, 0.2) is 30.3 Å². The molecule has 4 nitrogen and oxygen atoms in total. The third kappa shape index (κ3) is 3.94. The largest absolute Gasteiger partial charge is 0.324 e. The van der Waals surface area contributed by atoms with Gasteiger partial charge < -0.3 is 5.32 Å². The monoisotopic (exact) mass is 286 g/mol. The number of rotatable bonds is 5. The molecule has 2 rings (SSSR count). The van der Waals surface area contributed by atoms with Crippen molar-refractivity contribution in [3.05, 3.63) is 46.7 Å². The molecular formula is C15H15ClN4. The summed E-state index contributed by atoms with van der Waals surface area (Å²) in [5.74, 6) is 0.457. The molecule has 1 heterocycles. The third-order valence-electron chi connectivity index (χ3n) is 2.78. The fourth-order valence-corrected chi connectivity index (χ4v) is 2.01. The minimum atomic E-state index is 0.421. The van der Waals surface area contributed by atoms with Crippen molar-refractivity contribution in [1.82, 2.24) is 9.97 Å². The van der Waals surface area contributed by atoms with E-state index in [4.69, 9.17) is 16.9 Å². The van der Waals surface area contributed by atoms with E-state index < -0.39 is 0 Å². The number of nitriles is 1. The number of aryl methyl sites for hydroxylation is 1. The first-order valence-electron chi connectivity index (χ1n) is 6.52. The van der Waals surface area contributed by atoms with Crippen LogP contribution in [0, 0.1) is 11.3 Å². The highest BCUT2D eigenvalue weighted by atomic mass is 35.5. The maximum Gasteiger partial charge on any atom is 0.228 e. The van der Waals surface area contributed by atoms with Gasteiger partial charge in [0, 0.05) is 11.4 Å². The molecule has 1 N–H and O–H groups in total. The summed E-state index contributed by atoms with van der Waals surface area (Å²) in [5.41, 5.74) is 2.28. The van der Waals surface area contributed by atoms with E-state index in [1.807, 2.05) is 12.1 Å². The van der Waals surface area contributed by atoms with Crippen LogP contribution in [-0.4, -0.2) is 9.97 Å². The van der Waals surface area contributed by atoms with Crippen LogP contribution in [0.1, 0.15) is 31.0 Å². The van der Waals surface area contributed by atoms with E-state index in [1.165, 1.54) is 0 Å². The van der Waals surface area contributed by atoms with Crippen molar-refractivity contribution in [3.8, 4) is 6.07 Å². The summed E-state index contributed by atoms with van der Waals surface area (Å²) in [6.07, 6.45) is 3.05. The zero-order chi connectivity index (χ0) is 14.4. The van der Waals surface area contributed by atoms with Crippen molar-refractivity contribution in [2.45, 2.75) is 26.2 Å². The van der Waals surface area contributed by atoms with E-state index >= 15 is 0 Å². The molecule has 0 fully saturated rings. The van der Waals surface area contributed by atoms with Gasteiger partial charge in [-0.3, -0.25) is 0 Å². The van der Waals surface area contributed by atoms with Gasteiger partial charge in [0.1, 0.15) is 5.15 Å². The fraction of sp³-hybridized carbons (Fsp3) is 0.267. The number of hydrogen-bond acceptors (Lipinski definition) is 4. The Labute approximate surface area is 123 Å². The Kier molecular flexibility index (Phi) is 4.91. The standard InChI is InChI=1S/C15H15ClN4/c1-2-3-6-13-9-14(16)20-15(19-13)18-12-7-4-5-11(8-12)10-17/h4-5,7-9H,2-3,6H2,1H3,(H,18,19,20). The molecule has 0 radical (unpaired) electrons. The number of anilines is 2. The molecule has 0 bridgehead atoms. The average Bonchev–Trinajstić information content (AvgIpc) is 2.44. The molecule has 0 aliphatic carbocycles. The summed E-state index contributed by atoms with van der Waals surface area (Å²) in [4.78, 5) is 8.59. The van der Waals surface area contributed by atoms with Gasteiger partial charge in [0.2, 0.25) is 5.95 Å². The Morgan fingerprint density at radius 1 is 1.30 bits per heavy atom. The quantitative estimate of drug-likeness (QED) is 0.841. The molecule has 2 aromatic rings. The molecule has 0 unspecified atom stereocenters. The first-order chi connectivity index (χ1) is 9.71. The number of aromatic nitrogens is 2. The molecule has 0 atom stereocenters. The Morgan fingerprint density at radius 2 is 2.15 bits per heavy atom. The van der Waals surface area contributed by atoms with Crippen molar-refractivity contribution in [2.24, 2.45) is 0 Å². The summed E-state index contributed by atoms with van der Waals surface area (Å²) in [7, 11) is 0. The maximum atomic E-state index is 8.88. The van der Waals surface area contributed by atoms with Crippen LogP contribution in [0.2, 0.25) is 5.15 Å². The predicted molar refractivity (Wildman–Crippen MR) is 80.1 cm³/mol. The zero-order valence-corrected chi connectivity index (χ0v) is 12.0. The molecule has 0 saturated carbocycles. The maximum absolute atomic E-state index is 8.88. The highest BCUT2D eigenvalue weighted by Crippen LogP contribution is 2.18. The SMILES string of the molecule is CCCCc1cc(Cl)nc(Nc2cccc(C#N)c2)n1. The van der Waals surface area contributed by atoms with Gasteiger partial charge in [-0.25, -0.2) is 9.97 Å². The summed E-state index contributed by atoms with van der Waals surface area (Å²) in [5, 5.41) is 12.4. The summed E-state index contributed by atoms with van der Waals surface area (Å²) < 4.78 is 0. The van der Waals surface area contributed by atoms with Gasteiger partial charge in [-0.05, 0) is 37.1 Å². The van der Waals surface area contributed by atoms with Gasteiger partial charge in [0.05, 0.1) is 11.6 Å². The van der Waals surface area contributed by atoms with Crippen LogP contribution < -0.4 is 5.32 Å². The molecule has 0 amide bonds. The molecule has 0 aliphatic heterocycles. The van der Waals surface area contributed by atoms with Gasteiger partial charge in [-0.2, -0.15) is 5.26 Å². The lowest BCUT2D eigenvalue weighted by Gasteiger charge is -2.07. The summed E-state index contributed by atoms with van der Waals surface area (Å²) in [6, 6.07) is 11.0. The van der Waals surface area contributed by atoms with Gasteiger partial charge in [0.15, 0.2) is 0 Å². The van der Waals surface area contributed by atoms with Crippen molar-refractivity contribution in [2.75, 3.05) is 5.32 Å². The second-order valence-corrected chi connectivity index (χ2v) is 4.81. The van der Waals surface area contributed by atoms with Crippen molar-refractivity contribution >= 4 is 23.2 Å². The van der Waals surface area contributed by atoms with Gasteiger partial charge in [0.25, 0.3) is 0 Å². The predicted octanol–water partition coefficient (Wildman–Crippen LogP) is 4.09. The van der Waals surface area contributed by atoms with Gasteiger partial charge in [-0.1, -0.05) is 31.0 Å². The first-order valence-corrected chi connectivity index (χ1v) is 6.89. The number of halogens is 1. The molecule has 0 aliphatic rings. The highest BCUT2D eigenvalue weighted by molar-refractivity contribution is 6.29. The minimum Gasteiger partial charge on any atom is -0.324 e. The highest BCUT2D eigenvalue weighted by Gasteiger charge is 2.04. The molecule has 1 aromatic carbocycles. The van der Waals surface area contributed by atoms with Crippen LogP contribution in [0.3, 0.4) is 0 Å². The van der Waals surface area contributed by atoms with Crippen molar-refractivity contribution in [3.63, 3.8) is 0 Å². The Hall–Kier alpha value is -2.12. The van der Waals surface area contributed by atoms with Crippen molar-refractivity contribution in [1.29, 1.82) is 5.26 Å².